The van der Waals surface area contributed by atoms with Crippen LogP contribution in [0.15, 0.2) is 67.2 Å². The molecule has 1 atom stereocenters. The van der Waals surface area contributed by atoms with Gasteiger partial charge in [0.1, 0.15) is 0 Å². The molecule has 0 fully saturated rings. The number of allylic oxidation sites excluding steroid dienone is 1. The quantitative estimate of drug-likeness (QED) is 0.512. The Hall–Kier alpha value is -1.82. The van der Waals surface area contributed by atoms with Crippen LogP contribution >= 0.6 is 0 Å². The molecule has 2 aromatic rings. The zero-order chi connectivity index (χ0) is 15.8. The summed E-state index contributed by atoms with van der Waals surface area (Å²) in [6, 6.07) is 21.6. The minimum absolute atomic E-state index is 0.212. The van der Waals surface area contributed by atoms with E-state index in [4.69, 9.17) is 0 Å². The van der Waals surface area contributed by atoms with Gasteiger partial charge < -0.3 is 0 Å². The van der Waals surface area contributed by atoms with Crippen LogP contribution in [0.25, 0.3) is 5.57 Å². The van der Waals surface area contributed by atoms with E-state index >= 15 is 0 Å². The molecule has 0 aliphatic heterocycles. The lowest BCUT2D eigenvalue weighted by molar-refractivity contribution is 0.374. The summed E-state index contributed by atoms with van der Waals surface area (Å²) in [5, 5.41) is 0. The van der Waals surface area contributed by atoms with E-state index in [2.05, 4.69) is 81.1 Å². The van der Waals surface area contributed by atoms with Crippen LogP contribution in [-0.4, -0.2) is 0 Å². The molecule has 0 saturated carbocycles. The first kappa shape index (κ1) is 16.5. The van der Waals surface area contributed by atoms with Crippen molar-refractivity contribution in [2.24, 2.45) is 0 Å². The zero-order valence-corrected chi connectivity index (χ0v) is 14.0. The minimum atomic E-state index is 0.212. The maximum Gasteiger partial charge on any atom is -0.000927 e. The van der Waals surface area contributed by atoms with Crippen molar-refractivity contribution in [3.8, 4) is 0 Å². The fourth-order valence-electron chi connectivity index (χ4n) is 3.33. The zero-order valence-electron chi connectivity index (χ0n) is 14.0. The van der Waals surface area contributed by atoms with E-state index < -0.39 is 0 Å². The molecule has 0 N–H and O–H groups in total. The van der Waals surface area contributed by atoms with Gasteiger partial charge in [-0.3, -0.25) is 0 Å². The Morgan fingerprint density at radius 3 is 2.05 bits per heavy atom. The van der Waals surface area contributed by atoms with Gasteiger partial charge in [0.15, 0.2) is 0 Å². The normalized spacial score (nSPS) is 13.5. The lowest BCUT2D eigenvalue weighted by atomic mass is 9.69. The van der Waals surface area contributed by atoms with Crippen molar-refractivity contribution in [1.29, 1.82) is 0 Å². The molecule has 0 aliphatic carbocycles. The third-order valence-corrected chi connectivity index (χ3v) is 4.81. The number of hydrogen-bond acceptors (Lipinski definition) is 0. The topological polar surface area (TPSA) is 0 Å². The smallest absolute Gasteiger partial charge is 0.000927 e. The van der Waals surface area contributed by atoms with Crippen LogP contribution in [0.5, 0.6) is 0 Å². The van der Waals surface area contributed by atoms with E-state index in [0.29, 0.717) is 0 Å². The molecule has 0 aliphatic rings. The average molecular weight is 292 g/mol. The standard InChI is InChI=1S/C22H28/c1-4-6-17-22(5-2,21-15-11-8-12-16-21)18-19(3)20-13-9-7-10-14-20/h7-16H,3-6,17-18H2,1-2H3. The Morgan fingerprint density at radius 1 is 0.909 bits per heavy atom. The summed E-state index contributed by atoms with van der Waals surface area (Å²) in [6.45, 7) is 8.99. The highest BCUT2D eigenvalue weighted by Gasteiger charge is 2.30. The first-order valence-corrected chi connectivity index (χ1v) is 8.50. The van der Waals surface area contributed by atoms with Gasteiger partial charge in [-0.1, -0.05) is 93.9 Å². The summed E-state index contributed by atoms with van der Waals surface area (Å²) >= 11 is 0. The summed E-state index contributed by atoms with van der Waals surface area (Å²) in [4.78, 5) is 0. The van der Waals surface area contributed by atoms with Gasteiger partial charge in [0.2, 0.25) is 0 Å². The Kier molecular flexibility index (Phi) is 6.00. The summed E-state index contributed by atoms with van der Waals surface area (Å²) in [5.74, 6) is 0. The second-order valence-corrected chi connectivity index (χ2v) is 6.25. The molecule has 0 nitrogen and oxygen atoms in total. The van der Waals surface area contributed by atoms with Crippen molar-refractivity contribution in [2.45, 2.75) is 51.4 Å². The van der Waals surface area contributed by atoms with E-state index in [1.165, 1.54) is 36.0 Å². The molecule has 0 amide bonds. The third kappa shape index (κ3) is 3.88. The SMILES string of the molecule is C=C(CC(CC)(CCCC)c1ccccc1)c1ccccc1. The van der Waals surface area contributed by atoms with Gasteiger partial charge in [0.25, 0.3) is 0 Å². The number of rotatable bonds is 8. The Morgan fingerprint density at radius 2 is 1.50 bits per heavy atom. The molecule has 2 rings (SSSR count). The maximum atomic E-state index is 4.39. The van der Waals surface area contributed by atoms with Crippen LogP contribution < -0.4 is 0 Å². The lowest BCUT2D eigenvalue weighted by Crippen LogP contribution is -2.25. The monoisotopic (exact) mass is 292 g/mol. The predicted octanol–water partition coefficient (Wildman–Crippen LogP) is 6.63. The Bertz CT molecular complexity index is 568. The van der Waals surface area contributed by atoms with Crippen LogP contribution in [0.3, 0.4) is 0 Å². The number of benzene rings is 2. The van der Waals surface area contributed by atoms with Crippen LogP contribution in [0.4, 0.5) is 0 Å². The van der Waals surface area contributed by atoms with Crippen molar-refractivity contribution in [1.82, 2.24) is 0 Å². The number of unbranched alkanes of at least 4 members (excludes halogenated alkanes) is 1. The van der Waals surface area contributed by atoms with Crippen molar-refractivity contribution < 1.29 is 0 Å². The fraction of sp³-hybridized carbons (Fsp3) is 0.364. The summed E-state index contributed by atoms with van der Waals surface area (Å²) < 4.78 is 0. The molecular formula is C22H28. The first-order chi connectivity index (χ1) is 10.7. The average Bonchev–Trinajstić information content (AvgIpc) is 2.60. The van der Waals surface area contributed by atoms with Gasteiger partial charge in [-0.05, 0) is 41.4 Å². The summed E-state index contributed by atoms with van der Waals surface area (Å²) in [7, 11) is 0. The fourth-order valence-corrected chi connectivity index (χ4v) is 3.33. The minimum Gasteiger partial charge on any atom is -0.0952 e. The van der Waals surface area contributed by atoms with E-state index in [0.717, 1.165) is 12.8 Å². The molecule has 0 heteroatoms. The molecule has 1 unspecified atom stereocenters. The second kappa shape index (κ2) is 7.98. The molecule has 0 spiro atoms. The highest BCUT2D eigenvalue weighted by molar-refractivity contribution is 5.64. The van der Waals surface area contributed by atoms with Gasteiger partial charge in [-0.15, -0.1) is 0 Å². The molecule has 0 saturated heterocycles. The van der Waals surface area contributed by atoms with Gasteiger partial charge in [-0.2, -0.15) is 0 Å². The number of hydrogen-bond donors (Lipinski definition) is 0. The molecule has 116 valence electrons. The van der Waals surface area contributed by atoms with Crippen molar-refractivity contribution in [3.05, 3.63) is 78.4 Å². The van der Waals surface area contributed by atoms with Gasteiger partial charge in [0.05, 0.1) is 0 Å². The highest BCUT2D eigenvalue weighted by Crippen LogP contribution is 2.41. The lowest BCUT2D eigenvalue weighted by Gasteiger charge is -2.35. The summed E-state index contributed by atoms with van der Waals surface area (Å²) in [5.41, 5.74) is 4.20. The van der Waals surface area contributed by atoms with E-state index in [9.17, 15) is 0 Å². The predicted molar refractivity (Wildman–Crippen MR) is 98.0 cm³/mol. The van der Waals surface area contributed by atoms with Gasteiger partial charge >= 0.3 is 0 Å². The van der Waals surface area contributed by atoms with E-state index in [1.807, 2.05) is 0 Å². The van der Waals surface area contributed by atoms with Crippen LogP contribution in [-0.2, 0) is 5.41 Å². The molecule has 2 aromatic carbocycles. The first-order valence-electron chi connectivity index (χ1n) is 8.50. The van der Waals surface area contributed by atoms with Gasteiger partial charge in [-0.25, -0.2) is 0 Å². The van der Waals surface area contributed by atoms with E-state index in [1.54, 1.807) is 0 Å². The van der Waals surface area contributed by atoms with Crippen molar-refractivity contribution in [3.63, 3.8) is 0 Å². The molecule has 0 bridgehead atoms. The Balaban J connectivity index is 2.30. The van der Waals surface area contributed by atoms with Crippen molar-refractivity contribution in [2.75, 3.05) is 0 Å². The second-order valence-electron chi connectivity index (χ2n) is 6.25. The largest absolute Gasteiger partial charge is 0.0952 e. The molecule has 22 heavy (non-hydrogen) atoms. The Labute approximate surface area is 135 Å². The molecule has 0 radical (unpaired) electrons. The molecule has 0 heterocycles. The van der Waals surface area contributed by atoms with Crippen LogP contribution in [0.2, 0.25) is 0 Å². The highest BCUT2D eigenvalue weighted by atomic mass is 14.3. The molecular weight excluding hydrogens is 264 g/mol. The van der Waals surface area contributed by atoms with Gasteiger partial charge in [0, 0.05) is 0 Å². The maximum absolute atomic E-state index is 4.39. The molecule has 0 aromatic heterocycles. The third-order valence-electron chi connectivity index (χ3n) is 4.81. The summed E-state index contributed by atoms with van der Waals surface area (Å²) in [6.07, 6.45) is 5.94. The van der Waals surface area contributed by atoms with E-state index in [-0.39, 0.29) is 5.41 Å². The van der Waals surface area contributed by atoms with Crippen molar-refractivity contribution >= 4 is 5.57 Å². The van der Waals surface area contributed by atoms with Crippen LogP contribution in [0.1, 0.15) is 57.1 Å². The van der Waals surface area contributed by atoms with Crippen LogP contribution in [0, 0.1) is 0 Å².